The molecule has 1 saturated heterocycles. The highest BCUT2D eigenvalue weighted by molar-refractivity contribution is 5.81. The van der Waals surface area contributed by atoms with Gasteiger partial charge in [-0.2, -0.15) is 0 Å². The Morgan fingerprint density at radius 1 is 0.918 bits per heavy atom. The minimum absolute atomic E-state index is 0.0836. The van der Waals surface area contributed by atoms with Crippen LogP contribution in [0.25, 0.3) is 0 Å². The lowest BCUT2D eigenvalue weighted by molar-refractivity contribution is -0.250. The SMILES string of the molecule is C=C(C)[C@@H]1CC[C@]2(CCN3CCC(NCC)C3)CC[C@]3(C)[C@H](CC[C@@H]4[C@@]5(C)CC[C@H](OC(=O)CC(C)(C)C(=O)O)C(C)(C)[C@@H]5CC[C@]43C)[C@@H]12. The highest BCUT2D eigenvalue weighted by Crippen LogP contribution is 2.78. The monoisotopic (exact) mass is 681 g/mol. The van der Waals surface area contributed by atoms with Gasteiger partial charge >= 0.3 is 11.9 Å². The average molecular weight is 681 g/mol. The number of likely N-dealkylation sites (N-methyl/N-ethyl adjacent to an activating group) is 1. The van der Waals surface area contributed by atoms with E-state index in [1.807, 2.05) is 0 Å². The maximum Gasteiger partial charge on any atom is 0.309 e. The van der Waals surface area contributed by atoms with E-state index in [2.05, 4.69) is 65.3 Å². The third-order valence-corrected chi connectivity index (χ3v) is 17.3. The summed E-state index contributed by atoms with van der Waals surface area (Å²) in [6.45, 7) is 30.0. The van der Waals surface area contributed by atoms with Crippen LogP contribution in [-0.2, 0) is 14.3 Å². The standard InChI is InChI=1S/C43H72N2O4/c1-11-44-29-17-24-45(27-29)25-23-43-20-14-30(28(2)3)36(43)31-12-13-33-40(8)18-16-34(49-35(46)26-38(4,5)37(47)48)39(6,7)32(40)15-19-42(33,10)41(31,9)21-22-43/h29-34,36,44H,2,11-27H2,1,3-10H3,(H,47,48)/t29?,30-,31+,32-,33+,34-,36+,40-,41+,42+,43+/m0/s1. The number of ether oxygens (including phenoxy) is 1. The fourth-order valence-corrected chi connectivity index (χ4v) is 14.4. The van der Waals surface area contributed by atoms with Crippen molar-refractivity contribution in [3.05, 3.63) is 12.2 Å². The fourth-order valence-electron chi connectivity index (χ4n) is 14.4. The highest BCUT2D eigenvalue weighted by atomic mass is 16.5. The molecule has 0 amide bonds. The Bertz CT molecular complexity index is 1290. The average Bonchev–Trinajstić information content (AvgIpc) is 3.63. The van der Waals surface area contributed by atoms with E-state index < -0.39 is 11.4 Å². The van der Waals surface area contributed by atoms with Gasteiger partial charge in [-0.25, -0.2) is 0 Å². The number of carboxylic acids is 1. The third kappa shape index (κ3) is 5.97. The Kier molecular flexibility index (Phi) is 9.85. The van der Waals surface area contributed by atoms with Gasteiger partial charge in [0.25, 0.3) is 0 Å². The number of hydrogen-bond acceptors (Lipinski definition) is 5. The molecule has 1 aliphatic heterocycles. The third-order valence-electron chi connectivity index (χ3n) is 17.3. The van der Waals surface area contributed by atoms with Gasteiger partial charge in [0.1, 0.15) is 6.10 Å². The first-order valence-corrected chi connectivity index (χ1v) is 20.4. The number of hydrogen-bond donors (Lipinski definition) is 2. The van der Waals surface area contributed by atoms with Gasteiger partial charge in [-0.05, 0) is 169 Å². The van der Waals surface area contributed by atoms with Crippen molar-refractivity contribution in [2.45, 2.75) is 158 Å². The van der Waals surface area contributed by atoms with Gasteiger partial charge in [-0.3, -0.25) is 9.59 Å². The Hall–Kier alpha value is -1.40. The molecule has 0 aromatic rings. The van der Waals surface area contributed by atoms with Crippen molar-refractivity contribution in [3.63, 3.8) is 0 Å². The molecule has 5 aliphatic carbocycles. The van der Waals surface area contributed by atoms with Crippen LogP contribution in [0.3, 0.4) is 0 Å². The summed E-state index contributed by atoms with van der Waals surface area (Å²) in [6, 6.07) is 0.669. The van der Waals surface area contributed by atoms with E-state index in [9.17, 15) is 14.7 Å². The lowest BCUT2D eigenvalue weighted by Crippen LogP contribution is -2.66. The molecular weight excluding hydrogens is 608 g/mol. The Balaban J connectivity index is 1.22. The zero-order valence-corrected chi connectivity index (χ0v) is 32.9. The number of allylic oxidation sites excluding steroid dienone is 1. The summed E-state index contributed by atoms with van der Waals surface area (Å²) in [5, 5.41) is 13.3. The van der Waals surface area contributed by atoms with E-state index in [1.54, 1.807) is 13.8 Å². The maximum absolute atomic E-state index is 13.1. The summed E-state index contributed by atoms with van der Waals surface area (Å²) in [6.07, 6.45) is 15.0. The zero-order chi connectivity index (χ0) is 35.8. The topological polar surface area (TPSA) is 78.9 Å². The summed E-state index contributed by atoms with van der Waals surface area (Å²) < 4.78 is 6.21. The second kappa shape index (κ2) is 12.9. The Morgan fingerprint density at radius 3 is 2.33 bits per heavy atom. The molecule has 6 nitrogen and oxygen atoms in total. The van der Waals surface area contributed by atoms with Gasteiger partial charge in [-0.1, -0.05) is 53.7 Å². The second-order valence-corrected chi connectivity index (χ2v) is 20.3. The lowest BCUT2D eigenvalue weighted by atomic mass is 9.32. The number of esters is 1. The Labute approximate surface area is 299 Å². The fraction of sp³-hybridized carbons (Fsp3) is 0.907. The van der Waals surface area contributed by atoms with Crippen molar-refractivity contribution < 1.29 is 19.4 Å². The number of aliphatic carboxylic acids is 1. The molecule has 6 aliphatic rings. The summed E-state index contributed by atoms with van der Waals surface area (Å²) in [5.41, 5.74) is 1.49. The number of likely N-dealkylation sites (tertiary alicyclic amines) is 1. The van der Waals surface area contributed by atoms with Crippen molar-refractivity contribution in [3.8, 4) is 0 Å². The van der Waals surface area contributed by atoms with Crippen molar-refractivity contribution in [2.75, 3.05) is 26.2 Å². The van der Waals surface area contributed by atoms with Crippen LogP contribution in [0.15, 0.2) is 12.2 Å². The second-order valence-electron chi connectivity index (χ2n) is 20.3. The summed E-state index contributed by atoms with van der Waals surface area (Å²) in [7, 11) is 0. The molecule has 278 valence electrons. The molecule has 2 N–H and O–H groups in total. The number of carboxylic acid groups (broad SMARTS) is 1. The molecule has 0 radical (unpaired) electrons. The first kappa shape index (κ1) is 37.4. The largest absolute Gasteiger partial charge is 0.481 e. The Morgan fingerprint density at radius 2 is 1.65 bits per heavy atom. The molecule has 0 spiro atoms. The van der Waals surface area contributed by atoms with Crippen molar-refractivity contribution >= 4 is 11.9 Å². The van der Waals surface area contributed by atoms with Crippen LogP contribution in [0.5, 0.6) is 0 Å². The van der Waals surface area contributed by atoms with E-state index in [1.165, 1.54) is 89.4 Å². The lowest BCUT2D eigenvalue weighted by Gasteiger charge is -2.73. The maximum atomic E-state index is 13.1. The van der Waals surface area contributed by atoms with E-state index in [0.29, 0.717) is 40.0 Å². The summed E-state index contributed by atoms with van der Waals surface area (Å²) >= 11 is 0. The van der Waals surface area contributed by atoms with Crippen molar-refractivity contribution in [1.82, 2.24) is 10.2 Å². The molecule has 0 bridgehead atoms. The van der Waals surface area contributed by atoms with E-state index in [0.717, 1.165) is 31.2 Å². The number of nitrogens with one attached hydrogen (secondary N) is 1. The van der Waals surface area contributed by atoms with E-state index in [4.69, 9.17) is 4.74 Å². The van der Waals surface area contributed by atoms with Gasteiger partial charge in [0.05, 0.1) is 11.8 Å². The minimum atomic E-state index is -1.12. The van der Waals surface area contributed by atoms with Crippen LogP contribution in [0.1, 0.15) is 146 Å². The van der Waals surface area contributed by atoms with E-state index >= 15 is 0 Å². The molecule has 5 saturated carbocycles. The van der Waals surface area contributed by atoms with Crippen LogP contribution in [0.4, 0.5) is 0 Å². The van der Waals surface area contributed by atoms with Gasteiger partial charge in [-0.15, -0.1) is 0 Å². The molecule has 0 aromatic heterocycles. The molecule has 1 unspecified atom stereocenters. The molecular formula is C43H72N2O4. The molecule has 6 heteroatoms. The molecule has 6 fully saturated rings. The van der Waals surface area contributed by atoms with Gasteiger partial charge in [0, 0.05) is 18.0 Å². The first-order valence-electron chi connectivity index (χ1n) is 20.4. The number of nitrogens with zero attached hydrogens (tertiary/aromatic N) is 1. The smallest absolute Gasteiger partial charge is 0.309 e. The normalized spacial score (nSPS) is 44.7. The highest BCUT2D eigenvalue weighted by Gasteiger charge is 2.71. The quantitative estimate of drug-likeness (QED) is 0.177. The van der Waals surface area contributed by atoms with Gasteiger partial charge < -0.3 is 20.1 Å². The van der Waals surface area contributed by atoms with E-state index in [-0.39, 0.29) is 29.3 Å². The number of rotatable bonds is 10. The molecule has 6 rings (SSSR count). The molecule has 49 heavy (non-hydrogen) atoms. The summed E-state index contributed by atoms with van der Waals surface area (Å²) in [5.74, 6) is 2.04. The van der Waals surface area contributed by atoms with Crippen molar-refractivity contribution in [2.24, 2.45) is 62.1 Å². The minimum Gasteiger partial charge on any atom is -0.481 e. The number of fused-ring (bicyclic) bond motifs is 7. The van der Waals surface area contributed by atoms with Gasteiger partial charge in [0.15, 0.2) is 0 Å². The first-order chi connectivity index (χ1) is 22.8. The number of carbonyl (C=O) groups excluding carboxylic acids is 1. The van der Waals surface area contributed by atoms with Crippen LogP contribution in [0.2, 0.25) is 0 Å². The van der Waals surface area contributed by atoms with Crippen LogP contribution >= 0.6 is 0 Å². The van der Waals surface area contributed by atoms with Crippen molar-refractivity contribution in [1.29, 1.82) is 0 Å². The zero-order valence-electron chi connectivity index (χ0n) is 32.9. The predicted molar refractivity (Wildman–Crippen MR) is 198 cm³/mol. The van der Waals surface area contributed by atoms with Gasteiger partial charge in [0.2, 0.25) is 0 Å². The predicted octanol–water partition coefficient (Wildman–Crippen LogP) is 9.13. The van der Waals surface area contributed by atoms with Crippen LogP contribution < -0.4 is 5.32 Å². The molecule has 1 heterocycles. The van der Waals surface area contributed by atoms with Crippen LogP contribution in [-0.4, -0.2) is 60.3 Å². The summed E-state index contributed by atoms with van der Waals surface area (Å²) in [4.78, 5) is 27.6. The molecule has 0 aromatic carbocycles. The molecule has 11 atom stereocenters. The number of carbonyl (C=O) groups is 2. The van der Waals surface area contributed by atoms with Crippen LogP contribution in [0, 0.1) is 62.1 Å².